The summed E-state index contributed by atoms with van der Waals surface area (Å²) in [5, 5.41) is 10.9. The summed E-state index contributed by atoms with van der Waals surface area (Å²) in [6, 6.07) is 19.1. The highest BCUT2D eigenvalue weighted by Gasteiger charge is 2.11. The van der Waals surface area contributed by atoms with Crippen LogP contribution in [0, 0.1) is 18.3 Å². The molecule has 2 aromatic carbocycles. The van der Waals surface area contributed by atoms with Crippen molar-refractivity contribution in [3.8, 4) is 6.07 Å². The van der Waals surface area contributed by atoms with Crippen molar-refractivity contribution in [2.45, 2.75) is 11.9 Å². The van der Waals surface area contributed by atoms with Gasteiger partial charge in [-0.1, -0.05) is 54.2 Å². The molecular formula is C19H14N2OS. The van der Waals surface area contributed by atoms with Crippen LogP contribution < -0.4 is 0 Å². The van der Waals surface area contributed by atoms with Gasteiger partial charge in [-0.15, -0.1) is 0 Å². The van der Waals surface area contributed by atoms with Crippen molar-refractivity contribution in [1.82, 2.24) is 4.98 Å². The number of Topliss-reactive ketones (excluding diaryl/α,β-unsaturated/α-hetero) is 1. The summed E-state index contributed by atoms with van der Waals surface area (Å²) < 4.78 is 0. The normalized spacial score (nSPS) is 10.4. The molecule has 0 amide bonds. The molecule has 1 heterocycles. The van der Waals surface area contributed by atoms with Gasteiger partial charge in [0.05, 0.1) is 16.8 Å². The largest absolute Gasteiger partial charge is 0.293 e. The first-order valence-corrected chi connectivity index (χ1v) is 8.18. The minimum atomic E-state index is 0.0330. The van der Waals surface area contributed by atoms with Gasteiger partial charge < -0.3 is 0 Å². The highest BCUT2D eigenvalue weighted by Crippen LogP contribution is 2.25. The van der Waals surface area contributed by atoms with E-state index in [-0.39, 0.29) is 11.5 Å². The Labute approximate surface area is 139 Å². The second kappa shape index (κ2) is 6.64. The van der Waals surface area contributed by atoms with Gasteiger partial charge >= 0.3 is 0 Å². The fraction of sp³-hybridized carbons (Fsp3) is 0.105. The molecule has 0 saturated carbocycles. The first-order chi connectivity index (χ1) is 11.2. The lowest BCUT2D eigenvalue weighted by molar-refractivity contribution is 0.102. The van der Waals surface area contributed by atoms with Crippen LogP contribution in [-0.2, 0) is 0 Å². The van der Waals surface area contributed by atoms with Crippen molar-refractivity contribution in [2.75, 3.05) is 5.75 Å². The third-order valence-corrected chi connectivity index (χ3v) is 4.49. The molecule has 112 valence electrons. The van der Waals surface area contributed by atoms with Crippen LogP contribution in [0.15, 0.2) is 59.6 Å². The van der Waals surface area contributed by atoms with Gasteiger partial charge in [0.15, 0.2) is 5.78 Å². The van der Waals surface area contributed by atoms with E-state index >= 15 is 0 Å². The van der Waals surface area contributed by atoms with E-state index in [4.69, 9.17) is 0 Å². The molecule has 3 rings (SSSR count). The van der Waals surface area contributed by atoms with Gasteiger partial charge in [-0.25, -0.2) is 4.98 Å². The van der Waals surface area contributed by atoms with Crippen molar-refractivity contribution < 1.29 is 4.79 Å². The maximum Gasteiger partial charge on any atom is 0.173 e. The predicted molar refractivity (Wildman–Crippen MR) is 92.7 cm³/mol. The average molecular weight is 318 g/mol. The Morgan fingerprint density at radius 1 is 1.17 bits per heavy atom. The summed E-state index contributed by atoms with van der Waals surface area (Å²) in [5.41, 5.74) is 3.15. The van der Waals surface area contributed by atoms with Crippen LogP contribution in [0.25, 0.3) is 10.9 Å². The van der Waals surface area contributed by atoms with Crippen molar-refractivity contribution in [2.24, 2.45) is 0 Å². The van der Waals surface area contributed by atoms with E-state index in [2.05, 4.69) is 11.1 Å². The zero-order valence-electron chi connectivity index (χ0n) is 12.6. The van der Waals surface area contributed by atoms with E-state index in [1.807, 2.05) is 49.4 Å². The fourth-order valence-electron chi connectivity index (χ4n) is 2.29. The molecule has 0 radical (unpaired) electrons. The third-order valence-electron chi connectivity index (χ3n) is 3.49. The Bertz CT molecular complexity index is 914. The van der Waals surface area contributed by atoms with Crippen LogP contribution in [0.1, 0.15) is 21.5 Å². The zero-order valence-corrected chi connectivity index (χ0v) is 13.4. The Morgan fingerprint density at radius 2 is 1.96 bits per heavy atom. The summed E-state index contributed by atoms with van der Waals surface area (Å²) in [4.78, 5) is 16.8. The van der Waals surface area contributed by atoms with Crippen LogP contribution in [0.4, 0.5) is 0 Å². The number of carbonyl (C=O) groups is 1. The number of rotatable bonds is 4. The first-order valence-electron chi connectivity index (χ1n) is 7.20. The molecule has 0 N–H and O–H groups in total. The van der Waals surface area contributed by atoms with Crippen LogP contribution >= 0.6 is 11.8 Å². The monoisotopic (exact) mass is 318 g/mol. The van der Waals surface area contributed by atoms with E-state index in [0.29, 0.717) is 16.2 Å². The molecule has 3 nitrogen and oxygen atoms in total. The van der Waals surface area contributed by atoms with Crippen LogP contribution in [-0.4, -0.2) is 16.5 Å². The van der Waals surface area contributed by atoms with E-state index in [1.54, 1.807) is 12.1 Å². The maximum absolute atomic E-state index is 12.2. The first kappa shape index (κ1) is 15.3. The molecule has 0 fully saturated rings. The predicted octanol–water partition coefficient (Wildman–Crippen LogP) is 4.39. The second-order valence-corrected chi connectivity index (χ2v) is 6.19. The van der Waals surface area contributed by atoms with Crippen LogP contribution in [0.3, 0.4) is 0 Å². The molecule has 0 aliphatic rings. The van der Waals surface area contributed by atoms with Crippen LogP contribution in [0.2, 0.25) is 0 Å². The fourth-order valence-corrected chi connectivity index (χ4v) is 3.15. The molecule has 0 atom stereocenters. The van der Waals surface area contributed by atoms with E-state index in [9.17, 15) is 10.1 Å². The zero-order chi connectivity index (χ0) is 16.2. The number of nitriles is 1. The number of aromatic nitrogens is 1. The number of fused-ring (bicyclic) bond motifs is 1. The lowest BCUT2D eigenvalue weighted by Gasteiger charge is -2.06. The second-order valence-electron chi connectivity index (χ2n) is 5.23. The van der Waals surface area contributed by atoms with Crippen molar-refractivity contribution in [1.29, 1.82) is 5.26 Å². The number of pyridine rings is 1. The van der Waals surface area contributed by atoms with Gasteiger partial charge in [0.2, 0.25) is 0 Å². The molecule has 3 aromatic rings. The lowest BCUT2D eigenvalue weighted by Crippen LogP contribution is -2.02. The van der Waals surface area contributed by atoms with Gasteiger partial charge in [-0.2, -0.15) is 5.26 Å². The van der Waals surface area contributed by atoms with Crippen molar-refractivity contribution in [3.05, 3.63) is 71.3 Å². The summed E-state index contributed by atoms with van der Waals surface area (Å²) in [5.74, 6) is 0.300. The van der Waals surface area contributed by atoms with Gasteiger partial charge in [-0.3, -0.25) is 4.79 Å². The minimum absolute atomic E-state index is 0.0330. The summed E-state index contributed by atoms with van der Waals surface area (Å²) in [6.07, 6.45) is 0. The number of nitrogens with zero attached hydrogens (tertiary/aromatic N) is 2. The third kappa shape index (κ3) is 3.41. The quantitative estimate of drug-likeness (QED) is 0.529. The molecule has 0 saturated heterocycles. The van der Waals surface area contributed by atoms with Crippen LogP contribution in [0.5, 0.6) is 0 Å². The lowest BCUT2D eigenvalue weighted by atomic mass is 10.1. The average Bonchev–Trinajstić information content (AvgIpc) is 2.59. The number of carbonyl (C=O) groups excluding carboxylic acids is 1. The Balaban J connectivity index is 1.87. The number of ketones is 1. The van der Waals surface area contributed by atoms with Gasteiger partial charge in [0.25, 0.3) is 0 Å². The molecule has 0 bridgehead atoms. The van der Waals surface area contributed by atoms with Crippen molar-refractivity contribution >= 4 is 28.4 Å². The molecule has 4 heteroatoms. The van der Waals surface area contributed by atoms with E-state index < -0.39 is 0 Å². The van der Waals surface area contributed by atoms with Gasteiger partial charge in [0.1, 0.15) is 11.1 Å². The van der Waals surface area contributed by atoms with Crippen molar-refractivity contribution in [3.63, 3.8) is 0 Å². The molecule has 0 unspecified atom stereocenters. The van der Waals surface area contributed by atoms with Gasteiger partial charge in [0, 0.05) is 10.9 Å². The number of aryl methyl sites for hydroxylation is 1. The summed E-state index contributed by atoms with van der Waals surface area (Å²) in [6.45, 7) is 2.01. The standard InChI is InChI=1S/C19H14N2OS/c1-13-7-8-15-10-16(11-20)19(21-17(15)9-13)23-12-18(22)14-5-3-2-4-6-14/h2-10H,12H2,1H3. The topological polar surface area (TPSA) is 53.8 Å². The minimum Gasteiger partial charge on any atom is -0.293 e. The number of hydrogen-bond acceptors (Lipinski definition) is 4. The Hall–Kier alpha value is -2.64. The summed E-state index contributed by atoms with van der Waals surface area (Å²) >= 11 is 1.31. The maximum atomic E-state index is 12.2. The van der Waals surface area contributed by atoms with E-state index in [0.717, 1.165) is 16.5 Å². The highest BCUT2D eigenvalue weighted by atomic mass is 32.2. The highest BCUT2D eigenvalue weighted by molar-refractivity contribution is 8.00. The molecule has 0 aliphatic heterocycles. The summed E-state index contributed by atoms with van der Waals surface area (Å²) in [7, 11) is 0. The molecule has 1 aromatic heterocycles. The molecule has 0 spiro atoms. The number of hydrogen-bond donors (Lipinski definition) is 0. The van der Waals surface area contributed by atoms with E-state index in [1.165, 1.54) is 11.8 Å². The Morgan fingerprint density at radius 3 is 2.70 bits per heavy atom. The molecule has 0 aliphatic carbocycles. The smallest absolute Gasteiger partial charge is 0.173 e. The molecular weight excluding hydrogens is 304 g/mol. The molecule has 23 heavy (non-hydrogen) atoms. The Kier molecular flexibility index (Phi) is 4.40. The number of benzene rings is 2. The van der Waals surface area contributed by atoms with Gasteiger partial charge in [-0.05, 0) is 24.6 Å². The number of thioether (sulfide) groups is 1. The SMILES string of the molecule is Cc1ccc2cc(C#N)c(SCC(=O)c3ccccc3)nc2c1.